The third kappa shape index (κ3) is 4.90. The van der Waals surface area contributed by atoms with E-state index in [2.05, 4.69) is 0 Å². The number of ether oxygens (including phenoxy) is 1. The Morgan fingerprint density at radius 1 is 1.00 bits per heavy atom. The Hall–Kier alpha value is -3.55. The van der Waals surface area contributed by atoms with Crippen LogP contribution in [0.5, 0.6) is 0 Å². The summed E-state index contributed by atoms with van der Waals surface area (Å²) < 4.78 is 18.9. The Morgan fingerprint density at radius 3 is 2.22 bits per heavy atom. The molecule has 1 aliphatic heterocycles. The maximum Gasteiger partial charge on any atom is 0.249 e. The predicted molar refractivity (Wildman–Crippen MR) is 134 cm³/mol. The number of amides is 2. The number of aryl methyl sites for hydroxylation is 1. The molecule has 0 aromatic heterocycles. The van der Waals surface area contributed by atoms with Crippen molar-refractivity contribution in [1.29, 1.82) is 0 Å². The minimum atomic E-state index is -1.17. The molecule has 2 N–H and O–H groups in total. The number of nitrogens with two attached hydrogens (primary N) is 1. The van der Waals surface area contributed by atoms with Gasteiger partial charge in [-0.15, -0.1) is 0 Å². The van der Waals surface area contributed by atoms with Crippen LogP contribution in [0.25, 0.3) is 0 Å². The van der Waals surface area contributed by atoms with Gasteiger partial charge in [-0.3, -0.25) is 14.4 Å². The van der Waals surface area contributed by atoms with Gasteiger partial charge in [-0.1, -0.05) is 59.6 Å². The van der Waals surface area contributed by atoms with Gasteiger partial charge in [-0.05, 0) is 48.4 Å². The van der Waals surface area contributed by atoms with Gasteiger partial charge in [0.2, 0.25) is 11.8 Å². The quantitative estimate of drug-likeness (QED) is 0.477. The molecule has 3 aromatic carbocycles. The lowest BCUT2D eigenvalue weighted by atomic mass is 9.76. The summed E-state index contributed by atoms with van der Waals surface area (Å²) in [6.45, 7) is 1.57. The number of rotatable bonds is 7. The van der Waals surface area contributed by atoms with Gasteiger partial charge in [-0.2, -0.15) is 0 Å². The van der Waals surface area contributed by atoms with Crippen LogP contribution in [0.3, 0.4) is 0 Å². The lowest BCUT2D eigenvalue weighted by Gasteiger charge is -2.30. The van der Waals surface area contributed by atoms with Gasteiger partial charge in [-0.25, -0.2) is 4.39 Å². The molecular weight excluding hydrogens is 483 g/mol. The first-order chi connectivity index (χ1) is 17.2. The van der Waals surface area contributed by atoms with Crippen molar-refractivity contribution < 1.29 is 23.5 Å². The molecule has 1 fully saturated rings. The van der Waals surface area contributed by atoms with Crippen LogP contribution in [-0.4, -0.2) is 42.3 Å². The first-order valence-corrected chi connectivity index (χ1v) is 11.8. The minimum absolute atomic E-state index is 0.257. The fraction of sp³-hybridized carbons (Fsp3) is 0.250. The van der Waals surface area contributed by atoms with Gasteiger partial charge in [0.1, 0.15) is 18.5 Å². The summed E-state index contributed by atoms with van der Waals surface area (Å²) in [7, 11) is 1.37. The number of methoxy groups -OCH3 is 1. The van der Waals surface area contributed by atoms with E-state index in [1.807, 2.05) is 13.0 Å². The van der Waals surface area contributed by atoms with Crippen molar-refractivity contribution in [3.63, 3.8) is 0 Å². The smallest absolute Gasteiger partial charge is 0.249 e. The summed E-state index contributed by atoms with van der Waals surface area (Å²) in [4.78, 5) is 41.9. The molecule has 36 heavy (non-hydrogen) atoms. The summed E-state index contributed by atoms with van der Waals surface area (Å²) >= 11 is 6.12. The SMILES string of the molecule is COCC(=O)N1C(C(N)=O)C(c2ccc(F)cc2)C(C(=O)c2cccc(C)c2)C1c1ccc(Cl)cc1. The zero-order chi connectivity index (χ0) is 26.0. The number of hydrogen-bond acceptors (Lipinski definition) is 4. The maximum absolute atomic E-state index is 14.2. The van der Waals surface area contributed by atoms with Crippen molar-refractivity contribution in [3.8, 4) is 0 Å². The van der Waals surface area contributed by atoms with Gasteiger partial charge in [0.15, 0.2) is 5.78 Å². The highest BCUT2D eigenvalue weighted by atomic mass is 35.5. The second kappa shape index (κ2) is 10.6. The molecule has 1 saturated heterocycles. The van der Waals surface area contributed by atoms with Crippen molar-refractivity contribution in [1.82, 2.24) is 4.90 Å². The van der Waals surface area contributed by atoms with E-state index >= 15 is 0 Å². The molecule has 4 unspecified atom stereocenters. The van der Waals surface area contributed by atoms with Crippen molar-refractivity contribution in [2.24, 2.45) is 11.7 Å². The number of ketones is 1. The fourth-order valence-electron chi connectivity index (χ4n) is 5.13. The normalized spacial score (nSPS) is 21.4. The van der Waals surface area contributed by atoms with Crippen LogP contribution in [0.4, 0.5) is 4.39 Å². The molecule has 0 radical (unpaired) electrons. The predicted octanol–water partition coefficient (Wildman–Crippen LogP) is 4.45. The highest BCUT2D eigenvalue weighted by molar-refractivity contribution is 6.30. The van der Waals surface area contributed by atoms with Gasteiger partial charge < -0.3 is 15.4 Å². The van der Waals surface area contributed by atoms with Crippen LogP contribution in [0, 0.1) is 18.7 Å². The van der Waals surface area contributed by atoms with Crippen molar-refractivity contribution >= 4 is 29.2 Å². The number of Topliss-reactive ketones (excluding diaryl/α,β-unsaturated/α-hetero) is 1. The number of carbonyl (C=O) groups is 3. The Balaban J connectivity index is 1.98. The zero-order valence-electron chi connectivity index (χ0n) is 19.9. The molecule has 4 rings (SSSR count). The van der Waals surface area contributed by atoms with Crippen LogP contribution < -0.4 is 5.73 Å². The molecule has 3 aromatic rings. The van der Waals surface area contributed by atoms with E-state index in [1.54, 1.807) is 42.5 Å². The van der Waals surface area contributed by atoms with Crippen LogP contribution in [0.15, 0.2) is 72.8 Å². The summed E-state index contributed by atoms with van der Waals surface area (Å²) in [5, 5.41) is 0.481. The third-order valence-electron chi connectivity index (χ3n) is 6.59. The van der Waals surface area contributed by atoms with Crippen LogP contribution in [0.2, 0.25) is 5.02 Å². The number of likely N-dealkylation sites (tertiary alicyclic amines) is 1. The number of hydrogen-bond donors (Lipinski definition) is 1. The molecule has 8 heteroatoms. The molecule has 1 aliphatic rings. The molecule has 4 atom stereocenters. The van der Waals surface area contributed by atoms with E-state index in [4.69, 9.17) is 22.1 Å². The highest BCUT2D eigenvalue weighted by Crippen LogP contribution is 2.51. The van der Waals surface area contributed by atoms with Crippen LogP contribution in [-0.2, 0) is 14.3 Å². The van der Waals surface area contributed by atoms with Gasteiger partial charge in [0.25, 0.3) is 0 Å². The number of benzene rings is 3. The lowest BCUT2D eigenvalue weighted by molar-refractivity contribution is -0.143. The van der Waals surface area contributed by atoms with E-state index in [0.29, 0.717) is 21.7 Å². The first kappa shape index (κ1) is 25.5. The molecule has 0 spiro atoms. The number of halogens is 2. The summed E-state index contributed by atoms with van der Waals surface area (Å²) in [5.41, 5.74) is 8.36. The molecule has 186 valence electrons. The fourth-order valence-corrected chi connectivity index (χ4v) is 5.26. The van der Waals surface area contributed by atoms with E-state index < -0.39 is 41.6 Å². The summed E-state index contributed by atoms with van der Waals surface area (Å²) in [6, 6.07) is 17.5. The summed E-state index contributed by atoms with van der Waals surface area (Å²) in [6.07, 6.45) is 0. The zero-order valence-corrected chi connectivity index (χ0v) is 20.6. The van der Waals surface area contributed by atoms with Crippen LogP contribution in [0.1, 0.15) is 39.0 Å². The summed E-state index contributed by atoms with van der Waals surface area (Å²) in [5.74, 6) is -3.70. The van der Waals surface area contributed by atoms with Crippen molar-refractivity contribution in [2.45, 2.75) is 24.9 Å². The Kier molecular flexibility index (Phi) is 7.52. The Labute approximate surface area is 213 Å². The highest BCUT2D eigenvalue weighted by Gasteiger charge is 2.56. The average molecular weight is 509 g/mol. The molecule has 0 bridgehead atoms. The first-order valence-electron chi connectivity index (χ1n) is 11.4. The van der Waals surface area contributed by atoms with Crippen LogP contribution >= 0.6 is 11.6 Å². The Bertz CT molecular complexity index is 1280. The average Bonchev–Trinajstić information content (AvgIpc) is 3.21. The third-order valence-corrected chi connectivity index (χ3v) is 6.84. The molecule has 0 aliphatic carbocycles. The van der Waals surface area contributed by atoms with E-state index in [9.17, 15) is 18.8 Å². The standard InChI is InChI=1S/C28H26ClFN2O4/c1-16-4-3-5-19(14-16)27(34)24-23(17-8-12-21(30)13-9-17)26(28(31)35)32(22(33)15-36-2)25(24)18-6-10-20(29)11-7-18/h3-14,23-26H,15H2,1-2H3,(H2,31,35). The number of nitrogens with zero attached hydrogens (tertiary/aromatic N) is 1. The van der Waals surface area contributed by atoms with Crippen molar-refractivity contribution in [2.75, 3.05) is 13.7 Å². The second-order valence-electron chi connectivity index (χ2n) is 8.91. The molecule has 0 saturated carbocycles. The van der Waals surface area contributed by atoms with Gasteiger partial charge in [0.05, 0.1) is 12.0 Å². The second-order valence-corrected chi connectivity index (χ2v) is 9.35. The van der Waals surface area contributed by atoms with E-state index in [1.165, 1.54) is 36.3 Å². The largest absolute Gasteiger partial charge is 0.375 e. The minimum Gasteiger partial charge on any atom is -0.375 e. The Morgan fingerprint density at radius 2 is 1.64 bits per heavy atom. The maximum atomic E-state index is 14.2. The molecular formula is C28H26ClFN2O4. The topological polar surface area (TPSA) is 89.7 Å². The van der Waals surface area contributed by atoms with Gasteiger partial charge >= 0.3 is 0 Å². The number of carbonyl (C=O) groups excluding carboxylic acids is 3. The molecule has 1 heterocycles. The lowest BCUT2D eigenvalue weighted by Crippen LogP contribution is -2.47. The van der Waals surface area contributed by atoms with E-state index in [-0.39, 0.29) is 12.4 Å². The molecule has 2 amide bonds. The monoisotopic (exact) mass is 508 g/mol. The van der Waals surface area contributed by atoms with Gasteiger partial charge in [0, 0.05) is 23.6 Å². The van der Waals surface area contributed by atoms with E-state index in [0.717, 1.165) is 5.56 Å². The number of primary amides is 1. The van der Waals surface area contributed by atoms with Crippen molar-refractivity contribution in [3.05, 3.63) is 106 Å². The molecule has 6 nitrogen and oxygen atoms in total.